The first-order valence-electron chi connectivity index (χ1n) is 6.86. The molecule has 1 N–H and O–H groups in total. The van der Waals surface area contributed by atoms with Crippen molar-refractivity contribution < 1.29 is 13.5 Å². The maximum atomic E-state index is 12.4. The second kappa shape index (κ2) is 6.78. The van der Waals surface area contributed by atoms with Crippen LogP contribution in [0.2, 0.25) is 0 Å². The van der Waals surface area contributed by atoms with E-state index >= 15 is 0 Å². The highest BCUT2D eigenvalue weighted by Crippen LogP contribution is 2.31. The van der Waals surface area contributed by atoms with Crippen LogP contribution in [-0.2, 0) is 16.6 Å². The van der Waals surface area contributed by atoms with Gasteiger partial charge in [0.25, 0.3) is 0 Å². The molecule has 1 aliphatic rings. The van der Waals surface area contributed by atoms with Crippen LogP contribution in [0.4, 0.5) is 0 Å². The third kappa shape index (κ3) is 4.36. The summed E-state index contributed by atoms with van der Waals surface area (Å²) in [6.07, 6.45) is 3.15. The number of hydrogen-bond donors (Lipinski definition) is 1. The van der Waals surface area contributed by atoms with Gasteiger partial charge in [-0.15, -0.1) is 11.6 Å². The van der Waals surface area contributed by atoms with Crippen LogP contribution in [-0.4, -0.2) is 35.5 Å². The number of benzene rings is 1. The standard InChI is InChI=1S/C14H20ClNO3S/c15-8-1-2-9-20(18,19)16(13-6-7-13)11-12-4-3-5-14(17)10-12/h3-5,10,13,17H,1-2,6-9,11H2. The molecule has 0 radical (unpaired) electrons. The highest BCUT2D eigenvalue weighted by molar-refractivity contribution is 7.89. The summed E-state index contributed by atoms with van der Waals surface area (Å²) in [7, 11) is -3.25. The number of halogens is 1. The van der Waals surface area contributed by atoms with E-state index < -0.39 is 10.0 Å². The topological polar surface area (TPSA) is 57.6 Å². The average molecular weight is 318 g/mol. The summed E-state index contributed by atoms with van der Waals surface area (Å²) in [6.45, 7) is 0.336. The van der Waals surface area contributed by atoms with Crippen LogP contribution in [0.15, 0.2) is 24.3 Å². The molecule has 0 aliphatic heterocycles. The second-order valence-corrected chi connectivity index (χ2v) is 7.58. The number of hydrogen-bond acceptors (Lipinski definition) is 3. The van der Waals surface area contributed by atoms with Crippen LogP contribution >= 0.6 is 11.6 Å². The molecule has 0 saturated heterocycles. The predicted molar refractivity (Wildman–Crippen MR) is 80.4 cm³/mol. The normalized spacial score (nSPS) is 15.7. The van der Waals surface area contributed by atoms with Gasteiger partial charge in [0, 0.05) is 18.5 Å². The summed E-state index contributed by atoms with van der Waals surface area (Å²) in [5.41, 5.74) is 0.817. The van der Waals surface area contributed by atoms with Crippen molar-refractivity contribution in [3.05, 3.63) is 29.8 Å². The van der Waals surface area contributed by atoms with Crippen molar-refractivity contribution in [3.8, 4) is 5.75 Å². The smallest absolute Gasteiger partial charge is 0.214 e. The molecule has 20 heavy (non-hydrogen) atoms. The third-order valence-corrected chi connectivity index (χ3v) is 5.56. The monoisotopic (exact) mass is 317 g/mol. The molecular formula is C14H20ClNO3S. The van der Waals surface area contributed by atoms with E-state index in [0.717, 1.165) is 18.4 Å². The van der Waals surface area contributed by atoms with Crippen LogP contribution in [0.3, 0.4) is 0 Å². The van der Waals surface area contributed by atoms with Crippen LogP contribution < -0.4 is 0 Å². The average Bonchev–Trinajstić information content (AvgIpc) is 3.20. The number of sulfonamides is 1. The SMILES string of the molecule is O=S(=O)(CCCCCl)N(Cc1cccc(O)c1)C1CC1. The Labute approximate surface area is 125 Å². The van der Waals surface area contributed by atoms with Gasteiger partial charge in [0.05, 0.1) is 5.75 Å². The number of unbranched alkanes of at least 4 members (excludes halogenated alkanes) is 1. The minimum absolute atomic E-state index is 0.123. The van der Waals surface area contributed by atoms with Gasteiger partial charge in [0.1, 0.15) is 5.75 Å². The van der Waals surface area contributed by atoms with E-state index in [4.69, 9.17) is 11.6 Å². The molecule has 0 heterocycles. The van der Waals surface area contributed by atoms with Crippen molar-refractivity contribution in [2.45, 2.75) is 38.3 Å². The Balaban J connectivity index is 2.07. The summed E-state index contributed by atoms with van der Waals surface area (Å²) in [5.74, 6) is 0.804. The molecule has 2 rings (SSSR count). The zero-order valence-electron chi connectivity index (χ0n) is 11.3. The van der Waals surface area contributed by atoms with E-state index in [1.165, 1.54) is 0 Å². The quantitative estimate of drug-likeness (QED) is 0.592. The number of alkyl halides is 1. The molecule has 1 saturated carbocycles. The maximum Gasteiger partial charge on any atom is 0.214 e. The Kier molecular flexibility index (Phi) is 5.29. The van der Waals surface area contributed by atoms with Gasteiger partial charge in [0.2, 0.25) is 10.0 Å². The molecule has 1 aromatic rings. The summed E-state index contributed by atoms with van der Waals surface area (Å²) in [4.78, 5) is 0. The Hall–Kier alpha value is -0.780. The van der Waals surface area contributed by atoms with E-state index in [-0.39, 0.29) is 17.5 Å². The molecule has 0 spiro atoms. The van der Waals surface area contributed by atoms with Crippen molar-refractivity contribution >= 4 is 21.6 Å². The molecule has 6 heteroatoms. The Morgan fingerprint density at radius 3 is 2.65 bits per heavy atom. The third-order valence-electron chi connectivity index (χ3n) is 3.35. The molecular weight excluding hydrogens is 298 g/mol. The van der Waals surface area contributed by atoms with Crippen LogP contribution in [0.25, 0.3) is 0 Å². The van der Waals surface area contributed by atoms with E-state index in [9.17, 15) is 13.5 Å². The van der Waals surface area contributed by atoms with Gasteiger partial charge in [-0.2, -0.15) is 4.31 Å². The first-order valence-corrected chi connectivity index (χ1v) is 9.00. The van der Waals surface area contributed by atoms with Crippen molar-refractivity contribution in [3.63, 3.8) is 0 Å². The zero-order valence-corrected chi connectivity index (χ0v) is 12.9. The van der Waals surface area contributed by atoms with Crippen LogP contribution in [0.5, 0.6) is 5.75 Å². The number of rotatable bonds is 8. The molecule has 1 fully saturated rings. The van der Waals surface area contributed by atoms with Crippen molar-refractivity contribution in [2.24, 2.45) is 0 Å². The summed E-state index contributed by atoms with van der Waals surface area (Å²) in [5, 5.41) is 9.47. The maximum absolute atomic E-state index is 12.4. The molecule has 0 atom stereocenters. The second-order valence-electron chi connectivity index (χ2n) is 5.16. The Morgan fingerprint density at radius 2 is 2.05 bits per heavy atom. The lowest BCUT2D eigenvalue weighted by molar-refractivity contribution is 0.396. The largest absolute Gasteiger partial charge is 0.508 e. The summed E-state index contributed by atoms with van der Waals surface area (Å²) in [6, 6.07) is 6.89. The van der Waals surface area contributed by atoms with E-state index in [1.54, 1.807) is 22.5 Å². The molecule has 0 bridgehead atoms. The molecule has 4 nitrogen and oxygen atoms in total. The van der Waals surface area contributed by atoms with Crippen LogP contribution in [0, 0.1) is 0 Å². The van der Waals surface area contributed by atoms with Gasteiger partial charge < -0.3 is 5.11 Å². The molecule has 0 aromatic heterocycles. The fourth-order valence-electron chi connectivity index (χ4n) is 2.15. The lowest BCUT2D eigenvalue weighted by atomic mass is 10.2. The lowest BCUT2D eigenvalue weighted by Gasteiger charge is -2.22. The predicted octanol–water partition coefficient (Wildman–Crippen LogP) is 2.71. The summed E-state index contributed by atoms with van der Waals surface area (Å²) >= 11 is 5.60. The first-order chi connectivity index (χ1) is 9.53. The van der Waals surface area contributed by atoms with Gasteiger partial charge in [-0.25, -0.2) is 8.42 Å². The van der Waals surface area contributed by atoms with Gasteiger partial charge in [-0.05, 0) is 43.4 Å². The Bertz CT molecular complexity index is 543. The minimum Gasteiger partial charge on any atom is -0.508 e. The molecule has 112 valence electrons. The van der Waals surface area contributed by atoms with E-state index in [1.807, 2.05) is 6.07 Å². The van der Waals surface area contributed by atoms with E-state index in [2.05, 4.69) is 0 Å². The number of nitrogens with zero attached hydrogens (tertiary/aromatic N) is 1. The Morgan fingerprint density at radius 1 is 1.30 bits per heavy atom. The van der Waals surface area contributed by atoms with Crippen LogP contribution in [0.1, 0.15) is 31.2 Å². The molecule has 1 aliphatic carbocycles. The number of phenols is 1. The fourth-order valence-corrected chi connectivity index (χ4v) is 4.15. The summed E-state index contributed by atoms with van der Waals surface area (Å²) < 4.78 is 26.4. The van der Waals surface area contributed by atoms with Crippen molar-refractivity contribution in [1.82, 2.24) is 4.31 Å². The van der Waals surface area contributed by atoms with Crippen molar-refractivity contribution in [1.29, 1.82) is 0 Å². The van der Waals surface area contributed by atoms with E-state index in [0.29, 0.717) is 25.3 Å². The number of phenolic OH excluding ortho intramolecular Hbond substituents is 1. The minimum atomic E-state index is -3.25. The van der Waals surface area contributed by atoms with Crippen molar-refractivity contribution in [2.75, 3.05) is 11.6 Å². The highest BCUT2D eigenvalue weighted by Gasteiger charge is 2.36. The highest BCUT2D eigenvalue weighted by atomic mass is 35.5. The molecule has 0 unspecified atom stereocenters. The van der Waals surface area contributed by atoms with Gasteiger partial charge in [-0.3, -0.25) is 0 Å². The van der Waals surface area contributed by atoms with Gasteiger partial charge in [-0.1, -0.05) is 12.1 Å². The first kappa shape index (κ1) is 15.6. The molecule has 0 amide bonds. The zero-order chi connectivity index (χ0) is 14.6. The number of aromatic hydroxyl groups is 1. The molecule has 1 aromatic carbocycles. The fraction of sp³-hybridized carbons (Fsp3) is 0.571. The van der Waals surface area contributed by atoms with Gasteiger partial charge in [0.15, 0.2) is 0 Å². The van der Waals surface area contributed by atoms with Gasteiger partial charge >= 0.3 is 0 Å². The lowest BCUT2D eigenvalue weighted by Crippen LogP contribution is -2.34.